The van der Waals surface area contributed by atoms with E-state index in [-0.39, 0.29) is 12.0 Å². The maximum atomic E-state index is 13.5. The van der Waals surface area contributed by atoms with Crippen LogP contribution in [0.3, 0.4) is 0 Å². The number of amides is 2. The number of aromatic nitrogens is 3. The van der Waals surface area contributed by atoms with Gasteiger partial charge in [-0.15, -0.1) is 0 Å². The van der Waals surface area contributed by atoms with Crippen molar-refractivity contribution in [2.24, 2.45) is 0 Å². The van der Waals surface area contributed by atoms with Gasteiger partial charge in [0, 0.05) is 59.7 Å². The number of hydrogen-bond donors (Lipinski definition) is 3. The Hall–Kier alpha value is -4.78. The summed E-state index contributed by atoms with van der Waals surface area (Å²) in [5.41, 5.74) is 3.30. The maximum absolute atomic E-state index is 13.5. The number of urea groups is 1. The van der Waals surface area contributed by atoms with Gasteiger partial charge in [-0.05, 0) is 55.3 Å². The molecule has 5 aromatic rings. The number of carbonyl (C=O) groups is 1. The first kappa shape index (κ1) is 33.1. The summed E-state index contributed by atoms with van der Waals surface area (Å²) in [5.74, 6) is 1.23. The standard InChI is InChI=1S/C36H41N7O4S/c1-35(2,3)32-21-33(43(41-32)27-14-12-26(13-15-27)23-42-36(4,5)24-38-48(42,45)46)40-34(44)39-30-16-17-31(29-11-7-6-10-28(29)30)47-20-18-25-9-8-19-37-22-25/h6-17,19,21-22,38H,18,20,23-24H2,1-5H3,(H2,39,40,44). The molecular formula is C36H41N7O4S. The highest BCUT2D eigenvalue weighted by Gasteiger charge is 2.42. The maximum Gasteiger partial charge on any atom is 0.324 e. The van der Waals surface area contributed by atoms with Crippen LogP contribution in [0.4, 0.5) is 16.3 Å². The van der Waals surface area contributed by atoms with Crippen LogP contribution in [0.1, 0.15) is 51.4 Å². The Labute approximate surface area is 281 Å². The van der Waals surface area contributed by atoms with E-state index in [9.17, 15) is 13.2 Å². The van der Waals surface area contributed by atoms with Crippen molar-refractivity contribution in [2.75, 3.05) is 23.8 Å². The zero-order valence-electron chi connectivity index (χ0n) is 27.8. The average molecular weight is 668 g/mol. The van der Waals surface area contributed by atoms with Gasteiger partial charge in [-0.25, -0.2) is 14.2 Å². The van der Waals surface area contributed by atoms with Crippen LogP contribution in [-0.4, -0.2) is 52.2 Å². The normalized spacial score (nSPS) is 15.8. The van der Waals surface area contributed by atoms with Crippen LogP contribution in [0.15, 0.2) is 91.3 Å². The molecule has 2 aromatic heterocycles. The SMILES string of the molecule is CC(C)(C)c1cc(NC(=O)Nc2ccc(OCCc3cccnc3)c3ccccc23)n(-c2ccc(CN3C(C)(C)CNS3(=O)=O)cc2)n1. The second-order valence-electron chi connectivity index (χ2n) is 13.6. The summed E-state index contributed by atoms with van der Waals surface area (Å²) < 4.78 is 37.1. The van der Waals surface area contributed by atoms with Crippen molar-refractivity contribution in [3.05, 3.63) is 108 Å². The predicted octanol–water partition coefficient (Wildman–Crippen LogP) is 6.41. The van der Waals surface area contributed by atoms with E-state index >= 15 is 0 Å². The molecule has 250 valence electrons. The Bertz CT molecular complexity index is 2040. The molecule has 12 heteroatoms. The summed E-state index contributed by atoms with van der Waals surface area (Å²) in [5, 5.41) is 12.6. The molecule has 3 heterocycles. The predicted molar refractivity (Wildman–Crippen MR) is 189 cm³/mol. The van der Waals surface area contributed by atoms with Crippen LogP contribution in [0, 0.1) is 0 Å². The minimum absolute atomic E-state index is 0.241. The Kier molecular flexibility index (Phi) is 8.99. The first-order valence-electron chi connectivity index (χ1n) is 15.9. The molecule has 0 aliphatic carbocycles. The average Bonchev–Trinajstić information content (AvgIpc) is 3.57. The van der Waals surface area contributed by atoms with Gasteiger partial charge < -0.3 is 10.1 Å². The molecule has 0 spiro atoms. The second kappa shape index (κ2) is 13.0. The lowest BCUT2D eigenvalue weighted by molar-refractivity contribution is 0.255. The smallest absolute Gasteiger partial charge is 0.324 e. The number of carbonyl (C=O) groups excluding carboxylic acids is 1. The quantitative estimate of drug-likeness (QED) is 0.167. The summed E-state index contributed by atoms with van der Waals surface area (Å²) in [6.45, 7) is 11.1. The summed E-state index contributed by atoms with van der Waals surface area (Å²) in [6, 6.07) is 24.4. The van der Waals surface area contributed by atoms with Crippen molar-refractivity contribution in [1.29, 1.82) is 0 Å². The molecule has 1 fully saturated rings. The van der Waals surface area contributed by atoms with Gasteiger partial charge in [0.15, 0.2) is 0 Å². The van der Waals surface area contributed by atoms with Crippen LogP contribution in [0.25, 0.3) is 16.5 Å². The van der Waals surface area contributed by atoms with Crippen molar-refractivity contribution < 1.29 is 17.9 Å². The fraction of sp³-hybridized carbons (Fsp3) is 0.306. The van der Waals surface area contributed by atoms with E-state index in [0.717, 1.165) is 45.5 Å². The molecule has 0 saturated carbocycles. The minimum atomic E-state index is -3.54. The van der Waals surface area contributed by atoms with Gasteiger partial charge in [-0.1, -0.05) is 63.2 Å². The second-order valence-corrected chi connectivity index (χ2v) is 15.3. The molecule has 11 nitrogen and oxygen atoms in total. The lowest BCUT2D eigenvalue weighted by Gasteiger charge is -2.28. The van der Waals surface area contributed by atoms with Crippen molar-refractivity contribution in [3.63, 3.8) is 0 Å². The van der Waals surface area contributed by atoms with Crippen LogP contribution < -0.4 is 20.1 Å². The van der Waals surface area contributed by atoms with Gasteiger partial charge >= 0.3 is 6.03 Å². The number of nitrogens with one attached hydrogen (secondary N) is 3. The molecule has 0 bridgehead atoms. The molecule has 1 saturated heterocycles. The lowest BCUT2D eigenvalue weighted by atomic mass is 9.92. The number of rotatable bonds is 9. The van der Waals surface area contributed by atoms with E-state index < -0.39 is 21.8 Å². The van der Waals surface area contributed by atoms with Gasteiger partial charge in [0.05, 0.1) is 23.7 Å². The molecule has 0 unspecified atom stereocenters. The van der Waals surface area contributed by atoms with Crippen molar-refractivity contribution in [1.82, 2.24) is 23.8 Å². The van der Waals surface area contributed by atoms with E-state index in [2.05, 4.69) is 41.1 Å². The topological polar surface area (TPSA) is 130 Å². The molecule has 3 N–H and O–H groups in total. The van der Waals surface area contributed by atoms with Crippen molar-refractivity contribution in [2.45, 2.75) is 58.5 Å². The number of pyridine rings is 1. The lowest BCUT2D eigenvalue weighted by Crippen LogP contribution is -2.41. The highest BCUT2D eigenvalue weighted by atomic mass is 32.2. The Balaban J connectivity index is 1.20. The highest BCUT2D eigenvalue weighted by molar-refractivity contribution is 7.87. The molecule has 1 aliphatic rings. The van der Waals surface area contributed by atoms with Crippen molar-refractivity contribution in [3.8, 4) is 11.4 Å². The Morgan fingerprint density at radius 3 is 2.38 bits per heavy atom. The third-order valence-electron chi connectivity index (χ3n) is 8.38. The summed E-state index contributed by atoms with van der Waals surface area (Å²) >= 11 is 0. The molecule has 1 aliphatic heterocycles. The Morgan fingerprint density at radius 1 is 0.958 bits per heavy atom. The van der Waals surface area contributed by atoms with Gasteiger partial charge in [-0.3, -0.25) is 10.3 Å². The summed E-state index contributed by atoms with van der Waals surface area (Å²) in [7, 11) is -3.54. The van der Waals surface area contributed by atoms with Crippen LogP contribution in [0.5, 0.6) is 5.75 Å². The van der Waals surface area contributed by atoms with Gasteiger partial charge in [-0.2, -0.15) is 17.8 Å². The van der Waals surface area contributed by atoms with Crippen LogP contribution in [0.2, 0.25) is 0 Å². The van der Waals surface area contributed by atoms with E-state index in [1.807, 2.05) is 98.9 Å². The molecule has 2 amide bonds. The number of hydrogen-bond acceptors (Lipinski definition) is 6. The number of nitrogens with zero attached hydrogens (tertiary/aromatic N) is 4. The summed E-state index contributed by atoms with van der Waals surface area (Å²) in [6.07, 6.45) is 4.31. The molecule has 0 radical (unpaired) electrons. The largest absolute Gasteiger partial charge is 0.493 e. The van der Waals surface area contributed by atoms with Crippen LogP contribution in [-0.2, 0) is 28.6 Å². The Morgan fingerprint density at radius 2 is 1.71 bits per heavy atom. The monoisotopic (exact) mass is 667 g/mol. The third-order valence-corrected chi connectivity index (χ3v) is 10.1. The molecule has 48 heavy (non-hydrogen) atoms. The molecule has 6 rings (SSSR count). The number of anilines is 2. The van der Waals surface area contributed by atoms with Crippen molar-refractivity contribution >= 4 is 38.5 Å². The molecule has 0 atom stereocenters. The minimum Gasteiger partial charge on any atom is -0.493 e. The van der Waals surface area contributed by atoms with Crippen LogP contribution >= 0.6 is 0 Å². The van der Waals surface area contributed by atoms with E-state index in [0.29, 0.717) is 24.7 Å². The molecular weight excluding hydrogens is 627 g/mol. The fourth-order valence-electron chi connectivity index (χ4n) is 5.60. The first-order chi connectivity index (χ1) is 22.8. The zero-order valence-corrected chi connectivity index (χ0v) is 28.6. The fourth-order valence-corrected chi connectivity index (χ4v) is 7.33. The number of fused-ring (bicyclic) bond motifs is 1. The van der Waals surface area contributed by atoms with E-state index in [4.69, 9.17) is 9.84 Å². The third kappa shape index (κ3) is 7.20. The number of ether oxygens (including phenoxy) is 1. The first-order valence-corrected chi connectivity index (χ1v) is 17.3. The summed E-state index contributed by atoms with van der Waals surface area (Å²) in [4.78, 5) is 17.6. The van der Waals surface area contributed by atoms with Gasteiger partial charge in [0.1, 0.15) is 11.6 Å². The zero-order chi connectivity index (χ0) is 34.1. The van der Waals surface area contributed by atoms with E-state index in [1.54, 1.807) is 10.9 Å². The molecule has 3 aromatic carbocycles. The number of benzene rings is 3. The van der Waals surface area contributed by atoms with Gasteiger partial charge in [0.2, 0.25) is 0 Å². The highest BCUT2D eigenvalue weighted by Crippen LogP contribution is 2.33. The van der Waals surface area contributed by atoms with E-state index in [1.165, 1.54) is 4.31 Å². The van der Waals surface area contributed by atoms with Gasteiger partial charge in [0.25, 0.3) is 10.2 Å².